The van der Waals surface area contributed by atoms with E-state index in [0.717, 1.165) is 81.5 Å². The first-order valence-corrected chi connectivity index (χ1v) is 28.0. The number of carbonyl (C=O) groups excluding carboxylic acids is 4. The number of hydrogen-bond acceptors (Lipinski definition) is 7. The van der Waals surface area contributed by atoms with Crippen molar-refractivity contribution in [3.63, 3.8) is 0 Å². The fourth-order valence-corrected chi connectivity index (χ4v) is 8.42. The Labute approximate surface area is 402 Å². The number of rotatable bonds is 50. The summed E-state index contributed by atoms with van der Waals surface area (Å²) in [5.41, 5.74) is -1.09. The van der Waals surface area contributed by atoms with Gasteiger partial charge in [-0.05, 0) is 38.5 Å². The zero-order chi connectivity index (χ0) is 48.0. The molecule has 1 amide bonds. The normalized spacial score (nSPS) is 11.8. The third-order valence-corrected chi connectivity index (χ3v) is 13.0. The van der Waals surface area contributed by atoms with Crippen LogP contribution in [0.1, 0.15) is 278 Å². The summed E-state index contributed by atoms with van der Waals surface area (Å²) in [7, 11) is 6.76. The molecule has 0 aliphatic rings. The Bertz CT molecular complexity index is 1010. The lowest BCUT2D eigenvalue weighted by Gasteiger charge is -2.32. The Morgan fingerprint density at radius 1 is 0.354 bits per heavy atom. The summed E-state index contributed by atoms with van der Waals surface area (Å²) in [5, 5.41) is 3.08. The summed E-state index contributed by atoms with van der Waals surface area (Å²) in [6.07, 6.45) is 43.0. The van der Waals surface area contributed by atoms with Gasteiger partial charge in [-0.2, -0.15) is 0 Å². The lowest BCUT2D eigenvalue weighted by atomic mass is 9.90. The summed E-state index contributed by atoms with van der Waals surface area (Å²) in [5.74, 6) is -1.02. The van der Waals surface area contributed by atoms with Crippen molar-refractivity contribution in [2.75, 3.05) is 54.1 Å². The maximum absolute atomic E-state index is 13.3. The molecule has 0 bridgehead atoms. The zero-order valence-electron chi connectivity index (χ0n) is 44.1. The second-order valence-corrected chi connectivity index (χ2v) is 20.9. The Hall–Kier alpha value is -2.16. The van der Waals surface area contributed by atoms with Crippen LogP contribution < -0.4 is 5.32 Å². The first kappa shape index (κ1) is 62.8. The fraction of sp³-hybridized carbons (Fsp3) is 0.929. The molecule has 1 N–H and O–H groups in total. The minimum Gasteiger partial charge on any atom is -0.465 e. The molecule has 0 fully saturated rings. The summed E-state index contributed by atoms with van der Waals surface area (Å²) in [4.78, 5) is 52.7. The third kappa shape index (κ3) is 45.4. The molecule has 0 rings (SSSR count). The molecule has 0 aliphatic carbocycles. The van der Waals surface area contributed by atoms with Gasteiger partial charge in [-0.3, -0.25) is 19.2 Å². The molecular weight excluding hydrogens is 813 g/mol. The van der Waals surface area contributed by atoms with Crippen molar-refractivity contribution in [1.82, 2.24) is 5.32 Å². The molecule has 0 heterocycles. The van der Waals surface area contributed by atoms with Gasteiger partial charge < -0.3 is 24.0 Å². The van der Waals surface area contributed by atoms with Crippen molar-refractivity contribution in [1.29, 1.82) is 0 Å². The van der Waals surface area contributed by atoms with E-state index in [9.17, 15) is 19.2 Å². The van der Waals surface area contributed by atoms with Gasteiger partial charge in [0.15, 0.2) is 0 Å². The SMILES string of the molecule is CCCCCCCCCCCC(=O)OCC(CNC(=O)CCCCCCCCCCC[N+](C)(C)C)(COC(=O)CCCCCCCCCCC)COC(=O)CCCCCCCCCCC. The Kier molecular flexibility index (Phi) is 44.1. The Balaban J connectivity index is 5.43. The van der Waals surface area contributed by atoms with Gasteiger partial charge >= 0.3 is 17.9 Å². The van der Waals surface area contributed by atoms with Crippen molar-refractivity contribution in [2.45, 2.75) is 278 Å². The van der Waals surface area contributed by atoms with E-state index in [2.05, 4.69) is 47.2 Å². The smallest absolute Gasteiger partial charge is 0.305 e. The first-order valence-electron chi connectivity index (χ1n) is 28.0. The molecule has 9 heteroatoms. The van der Waals surface area contributed by atoms with Crippen LogP contribution in [0.3, 0.4) is 0 Å². The van der Waals surface area contributed by atoms with E-state index in [1.807, 2.05) is 0 Å². The second kappa shape index (κ2) is 45.6. The van der Waals surface area contributed by atoms with Gasteiger partial charge in [-0.1, -0.05) is 213 Å². The molecule has 384 valence electrons. The number of carbonyl (C=O) groups is 4. The van der Waals surface area contributed by atoms with E-state index in [-0.39, 0.29) is 50.2 Å². The van der Waals surface area contributed by atoms with Crippen LogP contribution in [0.25, 0.3) is 0 Å². The fourth-order valence-electron chi connectivity index (χ4n) is 8.42. The lowest BCUT2D eigenvalue weighted by Crippen LogP contribution is -2.48. The third-order valence-electron chi connectivity index (χ3n) is 13.0. The number of hydrogen-bond donors (Lipinski definition) is 1. The highest BCUT2D eigenvalue weighted by molar-refractivity contribution is 5.76. The molecule has 65 heavy (non-hydrogen) atoms. The van der Waals surface area contributed by atoms with E-state index in [1.165, 1.54) is 161 Å². The van der Waals surface area contributed by atoms with Crippen molar-refractivity contribution < 1.29 is 37.9 Å². The van der Waals surface area contributed by atoms with Gasteiger partial charge in [0.25, 0.3) is 0 Å². The molecule has 0 spiro atoms. The van der Waals surface area contributed by atoms with Crippen LogP contribution in [0.2, 0.25) is 0 Å². The van der Waals surface area contributed by atoms with Gasteiger partial charge in [0.05, 0.1) is 33.1 Å². The highest BCUT2D eigenvalue weighted by Gasteiger charge is 2.36. The first-order chi connectivity index (χ1) is 31.5. The Morgan fingerprint density at radius 2 is 0.600 bits per heavy atom. The van der Waals surface area contributed by atoms with Gasteiger partial charge in [-0.15, -0.1) is 0 Å². The van der Waals surface area contributed by atoms with E-state index in [4.69, 9.17) is 14.2 Å². The van der Waals surface area contributed by atoms with E-state index in [1.54, 1.807) is 0 Å². The molecule has 0 saturated heterocycles. The van der Waals surface area contributed by atoms with Gasteiger partial charge in [0, 0.05) is 32.2 Å². The summed E-state index contributed by atoms with van der Waals surface area (Å²) < 4.78 is 18.7. The van der Waals surface area contributed by atoms with E-state index in [0.29, 0.717) is 25.7 Å². The maximum atomic E-state index is 13.3. The molecule has 0 atom stereocenters. The molecular formula is C56H109N2O7+. The summed E-state index contributed by atoms with van der Waals surface area (Å²) >= 11 is 0. The number of ether oxygens (including phenoxy) is 3. The summed E-state index contributed by atoms with van der Waals surface area (Å²) in [6, 6.07) is 0. The monoisotopic (exact) mass is 922 g/mol. The number of unbranched alkanes of at least 4 members (excludes halogenated alkanes) is 32. The summed E-state index contributed by atoms with van der Waals surface area (Å²) in [6.45, 7) is 7.71. The molecule has 0 aromatic rings. The number of quaternary nitrogens is 1. The van der Waals surface area contributed by atoms with Crippen molar-refractivity contribution in [2.24, 2.45) is 5.41 Å². The van der Waals surface area contributed by atoms with Crippen LogP contribution in [-0.2, 0) is 33.4 Å². The van der Waals surface area contributed by atoms with Crippen molar-refractivity contribution in [3.8, 4) is 0 Å². The highest BCUT2D eigenvalue weighted by Crippen LogP contribution is 2.23. The van der Waals surface area contributed by atoms with Crippen LogP contribution >= 0.6 is 0 Å². The predicted octanol–water partition coefficient (Wildman–Crippen LogP) is 15.1. The topological polar surface area (TPSA) is 108 Å². The van der Waals surface area contributed by atoms with E-state index >= 15 is 0 Å². The van der Waals surface area contributed by atoms with Gasteiger partial charge in [0.2, 0.25) is 5.91 Å². The second-order valence-electron chi connectivity index (χ2n) is 20.9. The molecule has 0 radical (unpaired) electrons. The zero-order valence-corrected chi connectivity index (χ0v) is 44.1. The van der Waals surface area contributed by atoms with E-state index < -0.39 is 5.41 Å². The molecule has 0 saturated carbocycles. The van der Waals surface area contributed by atoms with Crippen LogP contribution in [0.15, 0.2) is 0 Å². The van der Waals surface area contributed by atoms with Crippen molar-refractivity contribution >= 4 is 23.8 Å². The number of esters is 3. The lowest BCUT2D eigenvalue weighted by molar-refractivity contribution is -0.870. The Morgan fingerprint density at radius 3 is 0.877 bits per heavy atom. The molecule has 0 unspecified atom stereocenters. The molecule has 0 aliphatic heterocycles. The number of amides is 1. The largest absolute Gasteiger partial charge is 0.465 e. The predicted molar refractivity (Wildman–Crippen MR) is 273 cm³/mol. The average molecular weight is 922 g/mol. The molecule has 0 aromatic heterocycles. The van der Waals surface area contributed by atoms with Gasteiger partial charge in [0.1, 0.15) is 19.8 Å². The van der Waals surface area contributed by atoms with Crippen LogP contribution in [0.5, 0.6) is 0 Å². The van der Waals surface area contributed by atoms with Gasteiger partial charge in [-0.25, -0.2) is 0 Å². The molecule has 9 nitrogen and oxygen atoms in total. The number of nitrogens with zero attached hydrogens (tertiary/aromatic N) is 1. The van der Waals surface area contributed by atoms with Crippen LogP contribution in [0, 0.1) is 5.41 Å². The highest BCUT2D eigenvalue weighted by atomic mass is 16.6. The average Bonchev–Trinajstić information content (AvgIpc) is 3.28. The number of nitrogens with one attached hydrogen (secondary N) is 1. The quantitative estimate of drug-likeness (QED) is 0.0280. The molecule has 0 aromatic carbocycles. The van der Waals surface area contributed by atoms with Crippen LogP contribution in [-0.4, -0.2) is 82.4 Å². The standard InChI is InChI=1S/C56H108N2O7/c1-7-10-13-16-19-23-29-34-39-44-53(60)63-49-56(50-64-54(61)45-40-35-30-24-20-17-14-11-8-2,51-65-55(62)46-41-36-31-25-21-18-15-12-9-3)48-57-52(59)43-38-33-28-26-22-27-32-37-42-47-58(4,5)6/h7-51H2,1-6H3/p+1. The minimum atomic E-state index is -1.09. The minimum absolute atomic E-state index is 0.0852. The van der Waals surface area contributed by atoms with Crippen LogP contribution in [0.4, 0.5) is 0 Å². The van der Waals surface area contributed by atoms with Crippen molar-refractivity contribution in [3.05, 3.63) is 0 Å². The maximum Gasteiger partial charge on any atom is 0.305 e.